The second kappa shape index (κ2) is 7.48. The first kappa shape index (κ1) is 17.7. The third kappa shape index (κ3) is 4.34. The average Bonchev–Trinajstić information content (AvgIpc) is 3.43. The molecule has 6 heteroatoms. The Morgan fingerprint density at radius 2 is 1.93 bits per heavy atom. The van der Waals surface area contributed by atoms with Gasteiger partial charge < -0.3 is 10.1 Å². The molecular weight excluding hydrogens is 360 g/mol. The highest BCUT2D eigenvalue weighted by Gasteiger charge is 2.33. The Labute approximate surface area is 161 Å². The fraction of sp³-hybridized carbons (Fsp3) is 0.286. The number of ether oxygens (including phenoxy) is 1. The zero-order valence-corrected chi connectivity index (χ0v) is 15.8. The Morgan fingerprint density at radius 3 is 2.63 bits per heavy atom. The van der Waals surface area contributed by atoms with Crippen LogP contribution in [0, 0.1) is 5.92 Å². The largest absolute Gasteiger partial charge is 0.452 e. The van der Waals surface area contributed by atoms with Gasteiger partial charge >= 0.3 is 5.97 Å². The van der Waals surface area contributed by atoms with Crippen LogP contribution in [-0.4, -0.2) is 23.0 Å². The average molecular weight is 380 g/mol. The van der Waals surface area contributed by atoms with E-state index in [-0.39, 0.29) is 17.8 Å². The molecule has 1 aliphatic carbocycles. The van der Waals surface area contributed by atoms with Gasteiger partial charge in [0.05, 0.1) is 21.1 Å². The molecule has 0 saturated heterocycles. The Bertz CT molecular complexity index is 944. The number of rotatable bonds is 6. The molecule has 0 spiro atoms. The highest BCUT2D eigenvalue weighted by molar-refractivity contribution is 7.18. The van der Waals surface area contributed by atoms with Gasteiger partial charge in [-0.15, -0.1) is 11.3 Å². The van der Waals surface area contributed by atoms with Gasteiger partial charge in [0.2, 0.25) is 0 Å². The molecule has 0 aliphatic heterocycles. The number of hydrogen-bond donors (Lipinski definition) is 1. The summed E-state index contributed by atoms with van der Waals surface area (Å²) in [5, 5.41) is 3.85. The zero-order valence-electron chi connectivity index (χ0n) is 15.0. The quantitative estimate of drug-likeness (QED) is 0.652. The summed E-state index contributed by atoms with van der Waals surface area (Å²) in [6.45, 7) is 1.59. The molecule has 4 rings (SSSR count). The van der Waals surface area contributed by atoms with Gasteiger partial charge in [0.1, 0.15) is 0 Å². The van der Waals surface area contributed by atoms with Crippen LogP contribution in [0.15, 0.2) is 48.5 Å². The maximum atomic E-state index is 12.2. The van der Waals surface area contributed by atoms with Gasteiger partial charge in [-0.2, -0.15) is 0 Å². The lowest BCUT2D eigenvalue weighted by molar-refractivity contribution is -0.154. The molecule has 0 unspecified atom stereocenters. The first-order chi connectivity index (χ1) is 13.1. The lowest BCUT2D eigenvalue weighted by atomic mass is 10.1. The van der Waals surface area contributed by atoms with Crippen LogP contribution < -0.4 is 5.32 Å². The Morgan fingerprint density at radius 1 is 1.19 bits per heavy atom. The minimum atomic E-state index is -0.791. The van der Waals surface area contributed by atoms with Gasteiger partial charge in [0.15, 0.2) is 6.10 Å². The van der Waals surface area contributed by atoms with Gasteiger partial charge in [-0.1, -0.05) is 24.3 Å². The summed E-state index contributed by atoms with van der Waals surface area (Å²) in [6, 6.07) is 15.8. The zero-order chi connectivity index (χ0) is 18.8. The van der Waals surface area contributed by atoms with Gasteiger partial charge in [0, 0.05) is 12.1 Å². The number of esters is 1. The van der Waals surface area contributed by atoms with Crippen molar-refractivity contribution in [2.75, 3.05) is 5.32 Å². The third-order valence-corrected chi connectivity index (χ3v) is 5.52. The molecule has 5 nitrogen and oxygen atoms in total. The first-order valence-corrected chi connectivity index (χ1v) is 9.85. The van der Waals surface area contributed by atoms with Crippen molar-refractivity contribution in [1.29, 1.82) is 0 Å². The maximum Gasteiger partial charge on any atom is 0.309 e. The summed E-state index contributed by atoms with van der Waals surface area (Å²) in [7, 11) is 0. The van der Waals surface area contributed by atoms with Gasteiger partial charge in [0.25, 0.3) is 5.91 Å². The Balaban J connectivity index is 1.35. The van der Waals surface area contributed by atoms with E-state index in [1.807, 2.05) is 42.5 Å². The highest BCUT2D eigenvalue weighted by atomic mass is 32.1. The molecule has 1 aliphatic rings. The number of amides is 1. The lowest BCUT2D eigenvalue weighted by Gasteiger charge is -2.13. The fourth-order valence-corrected chi connectivity index (χ4v) is 3.76. The molecule has 1 amide bonds. The van der Waals surface area contributed by atoms with Crippen molar-refractivity contribution < 1.29 is 14.3 Å². The van der Waals surface area contributed by atoms with E-state index in [1.54, 1.807) is 18.3 Å². The number of anilines is 1. The molecule has 1 saturated carbocycles. The van der Waals surface area contributed by atoms with E-state index >= 15 is 0 Å². The number of para-hydroxylation sites is 1. The summed E-state index contributed by atoms with van der Waals surface area (Å²) < 4.78 is 6.37. The minimum Gasteiger partial charge on any atom is -0.452 e. The van der Waals surface area contributed by atoms with Crippen LogP contribution >= 0.6 is 11.3 Å². The van der Waals surface area contributed by atoms with Crippen molar-refractivity contribution in [3.05, 3.63) is 59.1 Å². The van der Waals surface area contributed by atoms with Crippen molar-refractivity contribution in [3.63, 3.8) is 0 Å². The van der Waals surface area contributed by atoms with E-state index in [0.717, 1.165) is 35.4 Å². The van der Waals surface area contributed by atoms with Crippen LogP contribution in [-0.2, 0) is 20.7 Å². The molecule has 0 radical (unpaired) electrons. The lowest BCUT2D eigenvalue weighted by Crippen LogP contribution is -2.30. The Kier molecular flexibility index (Phi) is 4.90. The molecule has 1 heterocycles. The number of aromatic nitrogens is 1. The van der Waals surface area contributed by atoms with Crippen molar-refractivity contribution in [1.82, 2.24) is 4.98 Å². The molecule has 27 heavy (non-hydrogen) atoms. The molecule has 1 N–H and O–H groups in total. The van der Waals surface area contributed by atoms with E-state index < -0.39 is 6.10 Å². The number of thiazole rings is 1. The van der Waals surface area contributed by atoms with Crippen molar-refractivity contribution in [2.24, 2.45) is 5.92 Å². The SMILES string of the molecule is C[C@@H](OC(=O)C1CC1)C(=O)Nc1ccc(Cc2nc3ccccc3s2)cc1. The molecule has 2 aromatic carbocycles. The smallest absolute Gasteiger partial charge is 0.309 e. The number of carbonyl (C=O) groups is 2. The Hall–Kier alpha value is -2.73. The highest BCUT2D eigenvalue weighted by Crippen LogP contribution is 2.30. The summed E-state index contributed by atoms with van der Waals surface area (Å²) in [6.07, 6.45) is 1.69. The maximum absolute atomic E-state index is 12.2. The van der Waals surface area contributed by atoms with Crippen LogP contribution in [0.4, 0.5) is 5.69 Å². The van der Waals surface area contributed by atoms with Crippen LogP contribution in [0.25, 0.3) is 10.2 Å². The van der Waals surface area contributed by atoms with E-state index in [4.69, 9.17) is 4.74 Å². The molecule has 1 atom stereocenters. The van der Waals surface area contributed by atoms with E-state index in [0.29, 0.717) is 5.69 Å². The fourth-order valence-electron chi connectivity index (χ4n) is 2.76. The normalized spacial score (nSPS) is 14.7. The molecule has 1 aromatic heterocycles. The van der Waals surface area contributed by atoms with Crippen molar-refractivity contribution in [2.45, 2.75) is 32.3 Å². The number of benzene rings is 2. The van der Waals surface area contributed by atoms with E-state index in [2.05, 4.69) is 16.4 Å². The van der Waals surface area contributed by atoms with Crippen molar-refractivity contribution in [3.8, 4) is 0 Å². The van der Waals surface area contributed by atoms with Crippen LogP contribution in [0.2, 0.25) is 0 Å². The first-order valence-electron chi connectivity index (χ1n) is 9.03. The standard InChI is InChI=1S/C21H20N2O3S/c1-13(26-21(25)15-8-9-15)20(24)22-16-10-6-14(7-11-16)12-19-23-17-4-2-3-5-18(17)27-19/h2-7,10-11,13,15H,8-9,12H2,1H3,(H,22,24)/t13-/m1/s1. The second-order valence-corrected chi connectivity index (χ2v) is 7.91. The minimum absolute atomic E-state index is 0.0120. The number of nitrogens with one attached hydrogen (secondary N) is 1. The monoisotopic (exact) mass is 380 g/mol. The number of hydrogen-bond acceptors (Lipinski definition) is 5. The number of fused-ring (bicyclic) bond motifs is 1. The van der Waals surface area contributed by atoms with Crippen molar-refractivity contribution >= 4 is 39.1 Å². The number of carbonyl (C=O) groups excluding carboxylic acids is 2. The summed E-state index contributed by atoms with van der Waals surface area (Å²) in [5.74, 6) is -0.603. The molecule has 138 valence electrons. The summed E-state index contributed by atoms with van der Waals surface area (Å²) in [5.41, 5.74) is 2.83. The van der Waals surface area contributed by atoms with E-state index in [9.17, 15) is 9.59 Å². The van der Waals surface area contributed by atoms with Crippen LogP contribution in [0.3, 0.4) is 0 Å². The van der Waals surface area contributed by atoms with Gasteiger partial charge in [-0.05, 0) is 49.6 Å². The summed E-state index contributed by atoms with van der Waals surface area (Å²) >= 11 is 1.69. The molecule has 0 bridgehead atoms. The van der Waals surface area contributed by atoms with Crippen LogP contribution in [0.5, 0.6) is 0 Å². The van der Waals surface area contributed by atoms with Crippen LogP contribution in [0.1, 0.15) is 30.3 Å². The van der Waals surface area contributed by atoms with Gasteiger partial charge in [-0.3, -0.25) is 9.59 Å². The van der Waals surface area contributed by atoms with E-state index in [1.165, 1.54) is 4.70 Å². The molecule has 1 fully saturated rings. The summed E-state index contributed by atoms with van der Waals surface area (Å²) in [4.78, 5) is 28.5. The topological polar surface area (TPSA) is 68.3 Å². The van der Waals surface area contributed by atoms with Gasteiger partial charge in [-0.25, -0.2) is 4.98 Å². The third-order valence-electron chi connectivity index (χ3n) is 4.49. The predicted octanol–water partition coefficient (Wildman–Crippen LogP) is 4.17. The predicted molar refractivity (Wildman–Crippen MR) is 106 cm³/mol. The number of nitrogens with zero attached hydrogens (tertiary/aromatic N) is 1. The second-order valence-electron chi connectivity index (χ2n) is 6.79. The molecule has 3 aromatic rings. The molecular formula is C21H20N2O3S.